The molecule has 1 aromatic carbocycles. The molecule has 0 spiro atoms. The number of nitrogens with two attached hydrogens (primary N) is 1. The molecule has 30 heavy (non-hydrogen) atoms. The van der Waals surface area contributed by atoms with Crippen molar-refractivity contribution in [2.75, 3.05) is 5.73 Å². The summed E-state index contributed by atoms with van der Waals surface area (Å²) in [5.41, 5.74) is 6.31. The number of aryl methyl sites for hydroxylation is 1. The molecule has 160 valence electrons. The summed E-state index contributed by atoms with van der Waals surface area (Å²) in [5, 5.41) is 9.59. The Morgan fingerprint density at radius 2 is 1.97 bits per heavy atom. The van der Waals surface area contributed by atoms with E-state index in [2.05, 4.69) is 4.98 Å². The van der Waals surface area contributed by atoms with Gasteiger partial charge in [0.1, 0.15) is 17.2 Å². The summed E-state index contributed by atoms with van der Waals surface area (Å²) < 4.78 is 16.7. The highest BCUT2D eigenvalue weighted by atomic mass is 35.5. The Hall–Kier alpha value is -2.93. The summed E-state index contributed by atoms with van der Waals surface area (Å²) in [4.78, 5) is 28.0. The fraction of sp³-hybridized carbons (Fsp3) is 0.318. The van der Waals surface area contributed by atoms with Gasteiger partial charge < -0.3 is 15.4 Å². The molecule has 8 heteroatoms. The van der Waals surface area contributed by atoms with Gasteiger partial charge in [-0.15, -0.1) is 0 Å². The van der Waals surface area contributed by atoms with E-state index in [1.165, 1.54) is 18.5 Å². The number of fused-ring (bicyclic) bond motifs is 1. The zero-order valence-corrected chi connectivity index (χ0v) is 17.0. The number of nitrogen functional groups attached to an aromatic ring is 1. The number of halogens is 2. The monoisotopic (exact) mass is 433 g/mol. The number of pyridine rings is 2. The minimum Gasteiger partial charge on any atom is -0.477 e. The number of carboxylic acids is 1. The van der Waals surface area contributed by atoms with E-state index in [-0.39, 0.29) is 40.8 Å². The highest BCUT2D eigenvalue weighted by molar-refractivity contribution is 6.33. The van der Waals surface area contributed by atoms with Gasteiger partial charge in [-0.3, -0.25) is 4.79 Å². The third-order valence-electron chi connectivity index (χ3n) is 4.84. The molecule has 0 atom stereocenters. The molecule has 0 amide bonds. The number of aromatic nitrogens is 2. The number of aromatic carboxylic acids is 1. The second-order valence-corrected chi connectivity index (χ2v) is 7.07. The SMILES string of the molecule is C.CC.Cc1c(-c2cnc(N)c(Cl)c2)c(F)cc2c(=O)c(C(=O)O)cn(C3CC3)c12. The minimum atomic E-state index is -1.33. The van der Waals surface area contributed by atoms with Crippen LogP contribution in [0.4, 0.5) is 10.2 Å². The van der Waals surface area contributed by atoms with Crippen LogP contribution in [0, 0.1) is 12.7 Å². The van der Waals surface area contributed by atoms with Crippen LogP contribution >= 0.6 is 11.6 Å². The lowest BCUT2D eigenvalue weighted by molar-refractivity contribution is 0.0695. The third-order valence-corrected chi connectivity index (χ3v) is 5.14. The normalized spacial score (nSPS) is 12.7. The van der Waals surface area contributed by atoms with Crippen molar-refractivity contribution in [3.63, 3.8) is 0 Å². The Morgan fingerprint density at radius 3 is 2.50 bits per heavy atom. The molecule has 2 heterocycles. The molecular formula is C22H25ClFN3O3. The zero-order chi connectivity index (χ0) is 21.5. The van der Waals surface area contributed by atoms with Crippen molar-refractivity contribution < 1.29 is 14.3 Å². The van der Waals surface area contributed by atoms with Gasteiger partial charge in [0.15, 0.2) is 0 Å². The van der Waals surface area contributed by atoms with Crippen LogP contribution in [-0.4, -0.2) is 20.6 Å². The van der Waals surface area contributed by atoms with Crippen molar-refractivity contribution >= 4 is 34.3 Å². The Morgan fingerprint density at radius 1 is 1.33 bits per heavy atom. The molecule has 0 aliphatic heterocycles. The first-order valence-electron chi connectivity index (χ1n) is 9.32. The van der Waals surface area contributed by atoms with Crippen LogP contribution < -0.4 is 11.2 Å². The Balaban J connectivity index is 0.00000104. The van der Waals surface area contributed by atoms with E-state index < -0.39 is 17.2 Å². The van der Waals surface area contributed by atoms with E-state index in [0.717, 1.165) is 18.9 Å². The molecule has 6 nitrogen and oxygen atoms in total. The van der Waals surface area contributed by atoms with Crippen LogP contribution in [0.3, 0.4) is 0 Å². The molecule has 0 unspecified atom stereocenters. The summed E-state index contributed by atoms with van der Waals surface area (Å²) in [6.45, 7) is 5.70. The highest BCUT2D eigenvalue weighted by Gasteiger charge is 2.29. The molecule has 3 N–H and O–H groups in total. The highest BCUT2D eigenvalue weighted by Crippen LogP contribution is 2.40. The lowest BCUT2D eigenvalue weighted by Crippen LogP contribution is -2.19. The summed E-state index contributed by atoms with van der Waals surface area (Å²) in [6, 6.07) is 2.71. The van der Waals surface area contributed by atoms with Crippen LogP contribution in [0.5, 0.6) is 0 Å². The number of benzene rings is 1. The van der Waals surface area contributed by atoms with E-state index in [4.69, 9.17) is 17.3 Å². The number of hydrogen-bond donors (Lipinski definition) is 2. The van der Waals surface area contributed by atoms with Gasteiger partial charge in [0.2, 0.25) is 5.43 Å². The molecule has 0 saturated heterocycles. The van der Waals surface area contributed by atoms with Gasteiger partial charge in [0, 0.05) is 34.9 Å². The van der Waals surface area contributed by atoms with E-state index in [1.54, 1.807) is 11.5 Å². The van der Waals surface area contributed by atoms with Gasteiger partial charge in [-0.05, 0) is 37.5 Å². The molecule has 0 bridgehead atoms. The van der Waals surface area contributed by atoms with Gasteiger partial charge >= 0.3 is 5.97 Å². The Labute approximate surface area is 179 Å². The maximum absolute atomic E-state index is 15.0. The van der Waals surface area contributed by atoms with Gasteiger partial charge in [-0.1, -0.05) is 32.9 Å². The topological polar surface area (TPSA) is 98.2 Å². The second kappa shape index (κ2) is 8.83. The first-order valence-corrected chi connectivity index (χ1v) is 9.70. The first-order chi connectivity index (χ1) is 13.8. The van der Waals surface area contributed by atoms with Crippen molar-refractivity contribution in [3.8, 4) is 11.1 Å². The molecule has 0 radical (unpaired) electrons. The van der Waals surface area contributed by atoms with Crippen molar-refractivity contribution in [1.82, 2.24) is 9.55 Å². The van der Waals surface area contributed by atoms with Gasteiger partial charge in [-0.25, -0.2) is 14.2 Å². The summed E-state index contributed by atoms with van der Waals surface area (Å²) in [5.74, 6) is -1.84. The van der Waals surface area contributed by atoms with Gasteiger partial charge in [-0.2, -0.15) is 0 Å². The van der Waals surface area contributed by atoms with Crippen LogP contribution in [0.25, 0.3) is 22.0 Å². The molecular weight excluding hydrogens is 409 g/mol. The molecule has 1 aliphatic rings. The smallest absolute Gasteiger partial charge is 0.341 e. The number of carboxylic acid groups (broad SMARTS) is 1. The van der Waals surface area contributed by atoms with Crippen LogP contribution in [0.15, 0.2) is 29.3 Å². The average Bonchev–Trinajstić information content (AvgIpc) is 3.52. The number of hydrogen-bond acceptors (Lipinski definition) is 4. The fourth-order valence-electron chi connectivity index (χ4n) is 3.41. The summed E-state index contributed by atoms with van der Waals surface area (Å²) in [6.07, 6.45) is 4.52. The maximum Gasteiger partial charge on any atom is 0.341 e. The zero-order valence-electron chi connectivity index (χ0n) is 16.3. The van der Waals surface area contributed by atoms with Gasteiger partial charge in [0.25, 0.3) is 0 Å². The van der Waals surface area contributed by atoms with E-state index in [9.17, 15) is 19.1 Å². The minimum absolute atomic E-state index is 0. The number of nitrogens with zero attached hydrogens (tertiary/aromatic N) is 2. The van der Waals surface area contributed by atoms with Crippen molar-refractivity contribution in [2.45, 2.75) is 47.1 Å². The van der Waals surface area contributed by atoms with Crippen molar-refractivity contribution in [2.24, 2.45) is 0 Å². The van der Waals surface area contributed by atoms with Crippen molar-refractivity contribution in [1.29, 1.82) is 0 Å². The molecule has 1 saturated carbocycles. The average molecular weight is 434 g/mol. The summed E-state index contributed by atoms with van der Waals surface area (Å²) in [7, 11) is 0. The second-order valence-electron chi connectivity index (χ2n) is 6.66. The lowest BCUT2D eigenvalue weighted by Gasteiger charge is -2.17. The van der Waals surface area contributed by atoms with Crippen LogP contribution in [0.2, 0.25) is 5.02 Å². The molecule has 3 aromatic rings. The molecule has 4 rings (SSSR count). The third kappa shape index (κ3) is 3.89. The Bertz CT molecular complexity index is 1190. The predicted octanol–water partition coefficient (Wildman–Crippen LogP) is 5.44. The molecule has 1 fully saturated rings. The first kappa shape index (κ1) is 23.3. The fourth-order valence-corrected chi connectivity index (χ4v) is 3.58. The maximum atomic E-state index is 15.0. The quantitative estimate of drug-likeness (QED) is 0.572. The summed E-state index contributed by atoms with van der Waals surface area (Å²) >= 11 is 6.03. The van der Waals surface area contributed by atoms with E-state index in [0.29, 0.717) is 16.6 Å². The van der Waals surface area contributed by atoms with Crippen molar-refractivity contribution in [3.05, 3.63) is 56.7 Å². The number of anilines is 1. The predicted molar refractivity (Wildman–Crippen MR) is 119 cm³/mol. The Kier molecular flexibility index (Phi) is 6.87. The number of carbonyl (C=O) groups is 1. The molecule has 2 aromatic heterocycles. The van der Waals surface area contributed by atoms with Crippen LogP contribution in [0.1, 0.15) is 56.1 Å². The standard InChI is InChI=1S/C19H15ClFN3O3.C2H6.CH4/c1-8-15(9-4-13(20)18(22)23-6-9)14(21)5-11-16(8)24(10-2-3-10)7-12(17(11)25)19(26)27;1-2;/h4-7,10H,2-3H2,1H3,(H2,22,23)(H,26,27);1-2H3;1H4. The number of rotatable bonds is 3. The van der Waals surface area contributed by atoms with Crippen LogP contribution in [-0.2, 0) is 0 Å². The van der Waals surface area contributed by atoms with E-state index in [1.807, 2.05) is 13.8 Å². The van der Waals surface area contributed by atoms with E-state index >= 15 is 0 Å². The van der Waals surface area contributed by atoms with Gasteiger partial charge in [0.05, 0.1) is 10.5 Å². The lowest BCUT2D eigenvalue weighted by atomic mass is 9.96. The largest absolute Gasteiger partial charge is 0.477 e. The molecule has 1 aliphatic carbocycles.